The highest BCUT2D eigenvalue weighted by Crippen LogP contribution is 2.23. The number of halogens is 1. The van der Waals surface area contributed by atoms with Crippen LogP contribution in [0, 0.1) is 6.92 Å². The Kier molecular flexibility index (Phi) is 6.94. The van der Waals surface area contributed by atoms with Gasteiger partial charge in [0.1, 0.15) is 0 Å². The van der Waals surface area contributed by atoms with E-state index in [0.29, 0.717) is 12.4 Å². The van der Waals surface area contributed by atoms with E-state index in [4.69, 9.17) is 19.4 Å². The quantitative estimate of drug-likeness (QED) is 0.565. The van der Waals surface area contributed by atoms with Gasteiger partial charge in [-0.25, -0.2) is 0 Å². The molecule has 2 radical (unpaired) electrons. The number of hydrogen-bond acceptors (Lipinski definition) is 1. The highest BCUT2D eigenvalue weighted by Gasteiger charge is 2.09. The van der Waals surface area contributed by atoms with Crippen LogP contribution in [0.3, 0.4) is 0 Å². The Labute approximate surface area is 129 Å². The van der Waals surface area contributed by atoms with Crippen LogP contribution in [-0.2, 0) is 0 Å². The summed E-state index contributed by atoms with van der Waals surface area (Å²) >= 11 is 6.08. The first kappa shape index (κ1) is 16.9. The van der Waals surface area contributed by atoms with Gasteiger partial charge in [-0.15, -0.1) is 0 Å². The fourth-order valence-corrected chi connectivity index (χ4v) is 2.08. The van der Waals surface area contributed by atoms with E-state index in [-0.39, 0.29) is 0 Å². The standard InChI is InChI=1S/C17H23BClN/c1-5-17(15-8-9-16(19)13(3)10-15)20-14(4)7-6-12(2)11-18/h6-10,17,20H,5,11H2,1-4H3/b12-6-,14-7+. The van der Waals surface area contributed by atoms with Crippen LogP contribution in [0.15, 0.2) is 41.6 Å². The Balaban J connectivity index is 2.83. The zero-order valence-corrected chi connectivity index (χ0v) is 13.6. The predicted molar refractivity (Wildman–Crippen MR) is 90.4 cm³/mol. The summed E-state index contributed by atoms with van der Waals surface area (Å²) < 4.78 is 0. The van der Waals surface area contributed by atoms with Crippen molar-refractivity contribution in [2.24, 2.45) is 0 Å². The molecule has 1 nitrogen and oxygen atoms in total. The second-order valence-corrected chi connectivity index (χ2v) is 5.59. The molecule has 0 heterocycles. The Morgan fingerprint density at radius 2 is 2.05 bits per heavy atom. The maximum atomic E-state index is 6.08. The average Bonchev–Trinajstić information content (AvgIpc) is 2.45. The first-order chi connectivity index (χ1) is 9.47. The van der Waals surface area contributed by atoms with Gasteiger partial charge in [-0.1, -0.05) is 48.6 Å². The molecule has 0 amide bonds. The van der Waals surface area contributed by atoms with Crippen molar-refractivity contribution in [1.82, 2.24) is 5.32 Å². The van der Waals surface area contributed by atoms with Gasteiger partial charge in [0.15, 0.2) is 0 Å². The average molecular weight is 288 g/mol. The molecule has 0 saturated carbocycles. The lowest BCUT2D eigenvalue weighted by Gasteiger charge is -2.20. The predicted octanol–water partition coefficient (Wildman–Crippen LogP) is 5.13. The minimum atomic E-state index is 0.300. The van der Waals surface area contributed by atoms with Gasteiger partial charge >= 0.3 is 0 Å². The summed E-state index contributed by atoms with van der Waals surface area (Å²) in [4.78, 5) is 0. The second kappa shape index (κ2) is 8.21. The molecule has 0 bridgehead atoms. The fourth-order valence-electron chi connectivity index (χ4n) is 1.96. The molecule has 0 aliphatic rings. The molecule has 1 unspecified atom stereocenters. The number of aryl methyl sites for hydroxylation is 1. The van der Waals surface area contributed by atoms with Crippen molar-refractivity contribution < 1.29 is 0 Å². The van der Waals surface area contributed by atoms with Gasteiger partial charge in [-0.2, -0.15) is 0 Å². The minimum absolute atomic E-state index is 0.300. The van der Waals surface area contributed by atoms with Crippen molar-refractivity contribution in [3.63, 3.8) is 0 Å². The molecular weight excluding hydrogens is 264 g/mol. The third kappa shape index (κ3) is 5.09. The molecule has 1 N–H and O–H groups in total. The molecule has 0 aliphatic heterocycles. The largest absolute Gasteiger partial charge is 0.382 e. The van der Waals surface area contributed by atoms with Crippen LogP contribution in [0.2, 0.25) is 11.3 Å². The molecule has 20 heavy (non-hydrogen) atoms. The molecule has 0 fully saturated rings. The molecule has 1 atom stereocenters. The Hall–Kier alpha value is -1.15. The van der Waals surface area contributed by atoms with E-state index in [1.54, 1.807) is 0 Å². The van der Waals surface area contributed by atoms with Crippen LogP contribution in [0.4, 0.5) is 0 Å². The molecule has 1 aromatic carbocycles. The number of nitrogens with one attached hydrogen (secondary N) is 1. The summed E-state index contributed by atoms with van der Waals surface area (Å²) in [6.45, 7) is 8.32. The number of allylic oxidation sites excluding steroid dienone is 4. The van der Waals surface area contributed by atoms with Crippen molar-refractivity contribution in [2.45, 2.75) is 46.5 Å². The summed E-state index contributed by atoms with van der Waals surface area (Å²) in [7, 11) is 5.58. The minimum Gasteiger partial charge on any atom is -0.382 e. The Morgan fingerprint density at radius 3 is 2.60 bits per heavy atom. The summed E-state index contributed by atoms with van der Waals surface area (Å²) in [6, 6.07) is 6.50. The molecule has 1 aromatic rings. The summed E-state index contributed by atoms with van der Waals surface area (Å²) in [5, 5.41) is 4.36. The highest BCUT2D eigenvalue weighted by atomic mass is 35.5. The first-order valence-electron chi connectivity index (χ1n) is 7.04. The van der Waals surface area contributed by atoms with E-state index in [2.05, 4.69) is 43.4 Å². The summed E-state index contributed by atoms with van der Waals surface area (Å²) in [5.41, 5.74) is 4.69. The summed E-state index contributed by atoms with van der Waals surface area (Å²) in [5.74, 6) is 0. The van der Waals surface area contributed by atoms with E-state index in [1.165, 1.54) is 11.1 Å². The van der Waals surface area contributed by atoms with Gasteiger partial charge < -0.3 is 5.32 Å². The number of hydrogen-bond donors (Lipinski definition) is 1. The second-order valence-electron chi connectivity index (χ2n) is 5.18. The van der Waals surface area contributed by atoms with E-state index in [9.17, 15) is 0 Å². The van der Waals surface area contributed by atoms with Gasteiger partial charge in [0, 0.05) is 10.7 Å². The number of benzene rings is 1. The maximum Gasteiger partial charge on any atom is 0.0712 e. The highest BCUT2D eigenvalue weighted by molar-refractivity contribution is 6.31. The van der Waals surface area contributed by atoms with Gasteiger partial charge in [0.2, 0.25) is 0 Å². The van der Waals surface area contributed by atoms with Gasteiger partial charge in [0.05, 0.1) is 13.9 Å². The van der Waals surface area contributed by atoms with Crippen LogP contribution in [0.5, 0.6) is 0 Å². The number of rotatable bonds is 6. The van der Waals surface area contributed by atoms with Crippen LogP contribution in [0.1, 0.15) is 44.4 Å². The topological polar surface area (TPSA) is 12.0 Å². The van der Waals surface area contributed by atoms with Gasteiger partial charge in [-0.3, -0.25) is 0 Å². The lowest BCUT2D eigenvalue weighted by Crippen LogP contribution is -2.18. The monoisotopic (exact) mass is 287 g/mol. The molecule has 0 aliphatic carbocycles. The molecule has 1 rings (SSSR count). The third-order valence-electron chi connectivity index (χ3n) is 3.33. The van der Waals surface area contributed by atoms with E-state index in [1.807, 2.05) is 19.9 Å². The van der Waals surface area contributed by atoms with E-state index < -0.39 is 0 Å². The van der Waals surface area contributed by atoms with E-state index >= 15 is 0 Å². The lowest BCUT2D eigenvalue weighted by molar-refractivity contribution is 0.579. The SMILES string of the molecule is [B]C/C(C)=C\C=C(/C)NC(CC)c1ccc(Cl)c(C)c1. The molecule has 0 saturated heterocycles. The van der Waals surface area contributed by atoms with Crippen LogP contribution >= 0.6 is 11.6 Å². The van der Waals surface area contributed by atoms with Crippen molar-refractivity contribution in [3.8, 4) is 0 Å². The Morgan fingerprint density at radius 1 is 1.35 bits per heavy atom. The smallest absolute Gasteiger partial charge is 0.0712 e. The third-order valence-corrected chi connectivity index (χ3v) is 3.76. The van der Waals surface area contributed by atoms with Crippen molar-refractivity contribution in [2.75, 3.05) is 0 Å². The van der Waals surface area contributed by atoms with Gasteiger partial charge in [-0.05, 0) is 50.5 Å². The van der Waals surface area contributed by atoms with Crippen molar-refractivity contribution in [1.29, 1.82) is 0 Å². The molecule has 3 heteroatoms. The Bertz CT molecular complexity index is 506. The zero-order valence-electron chi connectivity index (χ0n) is 12.8. The first-order valence-corrected chi connectivity index (χ1v) is 7.42. The molecule has 0 spiro atoms. The van der Waals surface area contributed by atoms with Crippen LogP contribution < -0.4 is 5.32 Å². The molecular formula is C17H23BClN. The maximum absolute atomic E-state index is 6.08. The zero-order chi connectivity index (χ0) is 15.1. The van der Waals surface area contributed by atoms with Crippen molar-refractivity contribution in [3.05, 3.63) is 57.8 Å². The summed E-state index contributed by atoms with van der Waals surface area (Å²) in [6.07, 6.45) is 5.75. The van der Waals surface area contributed by atoms with Crippen LogP contribution in [-0.4, -0.2) is 7.85 Å². The normalized spacial score (nSPS) is 14.2. The van der Waals surface area contributed by atoms with Crippen LogP contribution in [0.25, 0.3) is 0 Å². The van der Waals surface area contributed by atoms with E-state index in [0.717, 1.165) is 22.7 Å². The molecule has 0 aromatic heterocycles. The van der Waals surface area contributed by atoms with Crippen molar-refractivity contribution >= 4 is 19.4 Å². The fraction of sp³-hybridized carbons (Fsp3) is 0.412. The van der Waals surface area contributed by atoms with Gasteiger partial charge in [0.25, 0.3) is 0 Å². The lowest BCUT2D eigenvalue weighted by atomic mass is 9.98. The molecule has 106 valence electrons.